The molecule has 0 bridgehead atoms. The molecule has 0 radical (unpaired) electrons. The fourth-order valence-corrected chi connectivity index (χ4v) is 3.53. The molecule has 1 heterocycles. The number of likely N-dealkylation sites (tertiary alicyclic amines) is 1. The average molecular weight is 277 g/mol. The third-order valence-electron chi connectivity index (χ3n) is 3.16. The number of nitrogens with zero attached hydrogens (tertiary/aromatic N) is 1. The summed E-state index contributed by atoms with van der Waals surface area (Å²) in [5.41, 5.74) is 0. The Labute approximate surface area is 111 Å². The first-order valence-electron chi connectivity index (χ1n) is 6.96. The molecule has 0 spiro atoms. The lowest BCUT2D eigenvalue weighted by molar-refractivity contribution is 0.215. The Balaban J connectivity index is 2.26. The van der Waals surface area contributed by atoms with Crippen LogP contribution in [0, 0.1) is 0 Å². The molecule has 1 aliphatic rings. The van der Waals surface area contributed by atoms with Crippen LogP contribution in [0.1, 0.15) is 33.1 Å². The highest BCUT2D eigenvalue weighted by atomic mass is 32.2. The van der Waals surface area contributed by atoms with E-state index >= 15 is 0 Å². The van der Waals surface area contributed by atoms with Gasteiger partial charge in [0, 0.05) is 19.1 Å². The summed E-state index contributed by atoms with van der Waals surface area (Å²) < 4.78 is 26.3. The summed E-state index contributed by atoms with van der Waals surface area (Å²) in [6.07, 6.45) is 3.78. The molecule has 1 saturated heterocycles. The fraction of sp³-hybridized carbons (Fsp3) is 1.00. The normalized spacial score (nSPS) is 19.9. The molecule has 5 nitrogen and oxygen atoms in total. The minimum Gasteiger partial charge on any atom is -0.316 e. The van der Waals surface area contributed by atoms with E-state index in [2.05, 4.69) is 14.9 Å². The number of rotatable bonds is 8. The number of piperidine rings is 1. The van der Waals surface area contributed by atoms with E-state index in [1.165, 1.54) is 19.3 Å². The summed E-state index contributed by atoms with van der Waals surface area (Å²) in [5, 5.41) is 3.03. The quantitative estimate of drug-likeness (QED) is 0.630. The van der Waals surface area contributed by atoms with Crippen molar-refractivity contribution in [2.75, 3.05) is 38.5 Å². The zero-order valence-electron chi connectivity index (χ0n) is 11.6. The van der Waals surface area contributed by atoms with Crippen molar-refractivity contribution in [3.63, 3.8) is 0 Å². The summed E-state index contributed by atoms with van der Waals surface area (Å²) in [4.78, 5) is 2.35. The molecule has 0 aromatic carbocycles. The topological polar surface area (TPSA) is 61.4 Å². The van der Waals surface area contributed by atoms with Gasteiger partial charge < -0.3 is 10.2 Å². The van der Waals surface area contributed by atoms with Crippen LogP contribution in [0.5, 0.6) is 0 Å². The molecule has 1 atom stereocenters. The predicted molar refractivity (Wildman–Crippen MR) is 75.2 cm³/mol. The van der Waals surface area contributed by atoms with Gasteiger partial charge >= 0.3 is 0 Å². The van der Waals surface area contributed by atoms with Crippen LogP contribution in [0.15, 0.2) is 0 Å². The lowest BCUT2D eigenvalue weighted by atomic mass is 10.1. The lowest BCUT2D eigenvalue weighted by Gasteiger charge is -2.29. The maximum Gasteiger partial charge on any atom is 0.213 e. The Morgan fingerprint density at radius 1 is 1.22 bits per heavy atom. The van der Waals surface area contributed by atoms with Gasteiger partial charge in [0.05, 0.1) is 5.75 Å². The minimum atomic E-state index is -3.14. The lowest BCUT2D eigenvalue weighted by Crippen LogP contribution is -2.45. The molecule has 18 heavy (non-hydrogen) atoms. The second-order valence-corrected chi connectivity index (χ2v) is 6.93. The SMILES string of the molecule is CCNCCS(=O)(=O)NC(C)CN1CCCCC1. The average Bonchev–Trinajstić information content (AvgIpc) is 2.29. The van der Waals surface area contributed by atoms with Crippen LogP contribution < -0.4 is 10.0 Å². The zero-order chi connectivity index (χ0) is 13.4. The number of sulfonamides is 1. The maximum atomic E-state index is 11.8. The Bertz CT molecular complexity index is 313. The number of hydrogen-bond acceptors (Lipinski definition) is 4. The highest BCUT2D eigenvalue weighted by molar-refractivity contribution is 7.89. The standard InChI is InChI=1S/C12H27N3O2S/c1-3-13-7-10-18(16,17)14-12(2)11-15-8-5-4-6-9-15/h12-14H,3-11H2,1-2H3. The number of nitrogens with one attached hydrogen (secondary N) is 2. The van der Waals surface area contributed by atoms with Gasteiger partial charge in [-0.2, -0.15) is 0 Å². The van der Waals surface area contributed by atoms with Gasteiger partial charge in [0.15, 0.2) is 0 Å². The van der Waals surface area contributed by atoms with Gasteiger partial charge in [0.25, 0.3) is 0 Å². The minimum absolute atomic E-state index is 0.00488. The van der Waals surface area contributed by atoms with Crippen LogP contribution in [0.2, 0.25) is 0 Å². The van der Waals surface area contributed by atoms with E-state index in [0.717, 1.165) is 26.2 Å². The molecule has 0 amide bonds. The third kappa shape index (κ3) is 6.68. The molecule has 1 unspecified atom stereocenters. The van der Waals surface area contributed by atoms with Gasteiger partial charge in [-0.1, -0.05) is 13.3 Å². The summed E-state index contributed by atoms with van der Waals surface area (Å²) in [7, 11) is -3.14. The molecular weight excluding hydrogens is 250 g/mol. The van der Waals surface area contributed by atoms with E-state index in [9.17, 15) is 8.42 Å². The molecule has 6 heteroatoms. The van der Waals surface area contributed by atoms with E-state index in [1.807, 2.05) is 13.8 Å². The largest absolute Gasteiger partial charge is 0.316 e. The van der Waals surface area contributed by atoms with E-state index in [1.54, 1.807) is 0 Å². The smallest absolute Gasteiger partial charge is 0.213 e. The second-order valence-electron chi connectivity index (χ2n) is 5.05. The Hall–Kier alpha value is -0.170. The molecule has 1 fully saturated rings. The van der Waals surface area contributed by atoms with Gasteiger partial charge in [-0.25, -0.2) is 13.1 Å². The third-order valence-corrected chi connectivity index (χ3v) is 4.66. The van der Waals surface area contributed by atoms with Crippen LogP contribution in [0.3, 0.4) is 0 Å². The fourth-order valence-electron chi connectivity index (χ4n) is 2.32. The van der Waals surface area contributed by atoms with Crippen molar-refractivity contribution in [1.29, 1.82) is 0 Å². The van der Waals surface area contributed by atoms with Crippen LogP contribution in [0.25, 0.3) is 0 Å². The molecule has 1 aliphatic heterocycles. The molecule has 0 saturated carbocycles. The van der Waals surface area contributed by atoms with Crippen molar-refractivity contribution >= 4 is 10.0 Å². The molecule has 2 N–H and O–H groups in total. The van der Waals surface area contributed by atoms with Gasteiger partial charge in [0.1, 0.15) is 0 Å². The second kappa shape index (κ2) is 8.09. The first-order valence-corrected chi connectivity index (χ1v) is 8.62. The summed E-state index contributed by atoms with van der Waals surface area (Å²) >= 11 is 0. The van der Waals surface area contributed by atoms with Gasteiger partial charge in [0.2, 0.25) is 10.0 Å². The molecule has 0 aromatic heterocycles. The highest BCUT2D eigenvalue weighted by Crippen LogP contribution is 2.08. The van der Waals surface area contributed by atoms with Crippen molar-refractivity contribution in [2.24, 2.45) is 0 Å². The first-order chi connectivity index (χ1) is 8.53. The molecule has 0 aliphatic carbocycles. The maximum absolute atomic E-state index is 11.8. The van der Waals surface area contributed by atoms with Gasteiger partial charge in [-0.3, -0.25) is 0 Å². The molecular formula is C12H27N3O2S. The van der Waals surface area contributed by atoms with Crippen molar-refractivity contribution in [3.05, 3.63) is 0 Å². The zero-order valence-corrected chi connectivity index (χ0v) is 12.4. The van der Waals surface area contributed by atoms with Crippen LogP contribution in [0.4, 0.5) is 0 Å². The van der Waals surface area contributed by atoms with Crippen molar-refractivity contribution in [2.45, 2.75) is 39.2 Å². The van der Waals surface area contributed by atoms with Crippen molar-refractivity contribution < 1.29 is 8.42 Å². The highest BCUT2D eigenvalue weighted by Gasteiger charge is 2.17. The Morgan fingerprint density at radius 3 is 2.50 bits per heavy atom. The summed E-state index contributed by atoms with van der Waals surface area (Å²) in [5.74, 6) is 0.158. The Morgan fingerprint density at radius 2 is 1.89 bits per heavy atom. The van der Waals surface area contributed by atoms with Gasteiger partial charge in [-0.05, 0) is 39.4 Å². The molecule has 108 valence electrons. The van der Waals surface area contributed by atoms with E-state index in [-0.39, 0.29) is 11.8 Å². The van der Waals surface area contributed by atoms with Crippen molar-refractivity contribution in [1.82, 2.24) is 14.9 Å². The summed E-state index contributed by atoms with van der Waals surface area (Å²) in [6, 6.07) is -0.00488. The van der Waals surface area contributed by atoms with Crippen LogP contribution in [-0.4, -0.2) is 57.8 Å². The van der Waals surface area contributed by atoms with Crippen LogP contribution in [-0.2, 0) is 10.0 Å². The van der Waals surface area contributed by atoms with Gasteiger partial charge in [-0.15, -0.1) is 0 Å². The molecule has 0 aromatic rings. The monoisotopic (exact) mass is 277 g/mol. The molecule has 1 rings (SSSR count). The van der Waals surface area contributed by atoms with Crippen molar-refractivity contribution in [3.8, 4) is 0 Å². The summed E-state index contributed by atoms with van der Waals surface area (Å²) in [6.45, 7) is 8.26. The predicted octanol–water partition coefficient (Wildman–Crippen LogP) is 0.390. The first kappa shape index (κ1) is 15.9. The van der Waals surface area contributed by atoms with E-state index in [4.69, 9.17) is 0 Å². The number of hydrogen-bond donors (Lipinski definition) is 2. The van der Waals surface area contributed by atoms with E-state index in [0.29, 0.717) is 6.54 Å². The van der Waals surface area contributed by atoms with Crippen LogP contribution >= 0.6 is 0 Å². The Kier molecular flexibility index (Phi) is 7.14. The van der Waals surface area contributed by atoms with E-state index < -0.39 is 10.0 Å².